The smallest absolute Gasteiger partial charge is 0.107 e. The van der Waals surface area contributed by atoms with Gasteiger partial charge in [0.15, 0.2) is 0 Å². The molecule has 0 spiro atoms. The maximum atomic E-state index is 10.2. The van der Waals surface area contributed by atoms with E-state index in [9.17, 15) is 5.11 Å². The first-order chi connectivity index (χ1) is 11.6. The molecule has 4 heteroatoms. The van der Waals surface area contributed by atoms with Crippen molar-refractivity contribution < 1.29 is 14.6 Å². The highest BCUT2D eigenvalue weighted by Gasteiger charge is 2.21. The molecular formula is C20H29NO3. The van der Waals surface area contributed by atoms with Crippen molar-refractivity contribution >= 4 is 0 Å². The minimum absolute atomic E-state index is 0.236. The van der Waals surface area contributed by atoms with E-state index in [2.05, 4.69) is 42.9 Å². The molecule has 1 aliphatic rings. The van der Waals surface area contributed by atoms with Crippen LogP contribution in [0.4, 0.5) is 0 Å². The largest absolute Gasteiger partial charge is 0.389 e. The third-order valence-electron chi connectivity index (χ3n) is 4.34. The first-order valence-corrected chi connectivity index (χ1v) is 8.68. The van der Waals surface area contributed by atoms with Crippen LogP contribution in [-0.4, -0.2) is 55.1 Å². The molecule has 4 nitrogen and oxygen atoms in total. The topological polar surface area (TPSA) is 41.9 Å². The van der Waals surface area contributed by atoms with Gasteiger partial charge in [-0.2, -0.15) is 0 Å². The maximum absolute atomic E-state index is 10.2. The zero-order valence-electron chi connectivity index (χ0n) is 14.8. The van der Waals surface area contributed by atoms with E-state index in [4.69, 9.17) is 15.9 Å². The van der Waals surface area contributed by atoms with Gasteiger partial charge >= 0.3 is 0 Å². The van der Waals surface area contributed by atoms with Gasteiger partial charge in [-0.05, 0) is 37.8 Å². The van der Waals surface area contributed by atoms with E-state index in [1.807, 2.05) is 0 Å². The molecule has 1 saturated heterocycles. The summed E-state index contributed by atoms with van der Waals surface area (Å²) in [5.74, 6) is 2.42. The van der Waals surface area contributed by atoms with Crippen LogP contribution in [0.3, 0.4) is 0 Å². The van der Waals surface area contributed by atoms with Crippen LogP contribution in [-0.2, 0) is 16.0 Å². The molecule has 0 bridgehead atoms. The monoisotopic (exact) mass is 331 g/mol. The number of rotatable bonds is 9. The molecule has 24 heavy (non-hydrogen) atoms. The van der Waals surface area contributed by atoms with E-state index in [-0.39, 0.29) is 19.3 Å². The van der Waals surface area contributed by atoms with Crippen LogP contribution in [0.1, 0.15) is 29.5 Å². The number of terminal acetylenes is 1. The Labute approximate surface area is 145 Å². The Morgan fingerprint density at radius 3 is 2.96 bits per heavy atom. The molecule has 1 aliphatic heterocycles. The zero-order valence-corrected chi connectivity index (χ0v) is 14.8. The molecule has 2 atom stereocenters. The highest BCUT2D eigenvalue weighted by molar-refractivity contribution is 5.30. The zero-order chi connectivity index (χ0) is 17.4. The van der Waals surface area contributed by atoms with E-state index in [1.165, 1.54) is 16.7 Å². The Balaban J connectivity index is 1.97. The number of aryl methyl sites for hydroxylation is 2. The van der Waals surface area contributed by atoms with E-state index < -0.39 is 6.10 Å². The van der Waals surface area contributed by atoms with Crippen LogP contribution in [0.5, 0.6) is 0 Å². The summed E-state index contributed by atoms with van der Waals surface area (Å²) >= 11 is 0. The highest BCUT2D eigenvalue weighted by atomic mass is 16.5. The van der Waals surface area contributed by atoms with Gasteiger partial charge in [0, 0.05) is 26.2 Å². The van der Waals surface area contributed by atoms with Gasteiger partial charge in [0.05, 0.1) is 18.8 Å². The van der Waals surface area contributed by atoms with Crippen molar-refractivity contribution in [2.75, 3.05) is 32.9 Å². The Morgan fingerprint density at radius 2 is 2.29 bits per heavy atom. The number of nitrogens with zero attached hydrogens (tertiary/aromatic N) is 1. The van der Waals surface area contributed by atoms with Gasteiger partial charge in [0.25, 0.3) is 0 Å². The third kappa shape index (κ3) is 6.26. The van der Waals surface area contributed by atoms with Crippen molar-refractivity contribution in [1.29, 1.82) is 0 Å². The maximum Gasteiger partial charge on any atom is 0.107 e. The summed E-state index contributed by atoms with van der Waals surface area (Å²) < 4.78 is 11.0. The standard InChI is InChI=1S/C20H29NO3/c1-4-9-23-15-19(22)13-21(14-20-6-5-10-24-20)12-18-8-7-16(2)11-17(18)3/h1,7-8,11,19-20,22H,5-6,9-10,12-15H2,2-3H3. The fourth-order valence-electron chi connectivity index (χ4n) is 3.15. The second-order valence-corrected chi connectivity index (χ2v) is 6.63. The van der Waals surface area contributed by atoms with Crippen molar-refractivity contribution in [3.8, 4) is 12.3 Å². The molecule has 1 heterocycles. The van der Waals surface area contributed by atoms with Crippen LogP contribution < -0.4 is 0 Å². The molecule has 0 aromatic heterocycles. The minimum atomic E-state index is -0.550. The number of aliphatic hydroxyl groups is 1. The molecule has 1 aromatic rings. The molecule has 0 aliphatic carbocycles. The quantitative estimate of drug-likeness (QED) is 0.557. The molecule has 1 fully saturated rings. The summed E-state index contributed by atoms with van der Waals surface area (Å²) in [5.41, 5.74) is 3.84. The Morgan fingerprint density at radius 1 is 1.46 bits per heavy atom. The molecule has 1 N–H and O–H groups in total. The normalized spacial score (nSPS) is 18.7. The van der Waals surface area contributed by atoms with E-state index >= 15 is 0 Å². The summed E-state index contributed by atoms with van der Waals surface area (Å²) in [7, 11) is 0. The van der Waals surface area contributed by atoms with Gasteiger partial charge in [0.1, 0.15) is 6.61 Å². The lowest BCUT2D eigenvalue weighted by Gasteiger charge is -2.28. The molecule has 2 unspecified atom stereocenters. The van der Waals surface area contributed by atoms with E-state index in [1.54, 1.807) is 0 Å². The summed E-state index contributed by atoms with van der Waals surface area (Å²) in [6, 6.07) is 6.51. The van der Waals surface area contributed by atoms with Crippen molar-refractivity contribution in [3.63, 3.8) is 0 Å². The molecular weight excluding hydrogens is 302 g/mol. The van der Waals surface area contributed by atoms with E-state index in [0.717, 1.165) is 32.5 Å². The fraction of sp³-hybridized carbons (Fsp3) is 0.600. The third-order valence-corrected chi connectivity index (χ3v) is 4.34. The lowest BCUT2D eigenvalue weighted by Crippen LogP contribution is -2.39. The van der Waals surface area contributed by atoms with Gasteiger partial charge in [-0.25, -0.2) is 0 Å². The fourth-order valence-corrected chi connectivity index (χ4v) is 3.15. The highest BCUT2D eigenvalue weighted by Crippen LogP contribution is 2.17. The Kier molecular flexibility index (Phi) is 7.74. The molecule has 2 rings (SSSR count). The van der Waals surface area contributed by atoms with Gasteiger partial charge < -0.3 is 14.6 Å². The first-order valence-electron chi connectivity index (χ1n) is 8.68. The second-order valence-electron chi connectivity index (χ2n) is 6.63. The Hall–Kier alpha value is -1.38. The number of benzene rings is 1. The SMILES string of the molecule is C#CCOCC(O)CN(Cc1ccc(C)cc1C)CC1CCCO1. The van der Waals surface area contributed by atoms with Crippen LogP contribution in [0.25, 0.3) is 0 Å². The van der Waals surface area contributed by atoms with Crippen LogP contribution >= 0.6 is 0 Å². The van der Waals surface area contributed by atoms with Crippen molar-refractivity contribution in [2.45, 2.75) is 45.4 Å². The lowest BCUT2D eigenvalue weighted by molar-refractivity contribution is 0.00950. The van der Waals surface area contributed by atoms with Crippen LogP contribution in [0.15, 0.2) is 18.2 Å². The van der Waals surface area contributed by atoms with Gasteiger partial charge in [-0.3, -0.25) is 4.90 Å². The van der Waals surface area contributed by atoms with Crippen LogP contribution in [0.2, 0.25) is 0 Å². The molecule has 132 valence electrons. The molecule has 1 aromatic carbocycles. The average Bonchev–Trinajstić information content (AvgIpc) is 3.03. The summed E-state index contributed by atoms with van der Waals surface area (Å²) in [6.07, 6.45) is 7.09. The minimum Gasteiger partial charge on any atom is -0.389 e. The molecule has 0 radical (unpaired) electrons. The van der Waals surface area contributed by atoms with Gasteiger partial charge in [-0.15, -0.1) is 6.42 Å². The van der Waals surface area contributed by atoms with Crippen molar-refractivity contribution in [3.05, 3.63) is 34.9 Å². The number of hydrogen-bond donors (Lipinski definition) is 1. The number of ether oxygens (including phenoxy) is 2. The summed E-state index contributed by atoms with van der Waals surface area (Å²) in [5, 5.41) is 10.2. The Bertz CT molecular complexity index is 546. The van der Waals surface area contributed by atoms with Crippen molar-refractivity contribution in [2.24, 2.45) is 0 Å². The summed E-state index contributed by atoms with van der Waals surface area (Å²) in [4.78, 5) is 2.26. The number of hydrogen-bond acceptors (Lipinski definition) is 4. The molecule has 0 saturated carbocycles. The summed E-state index contributed by atoms with van der Waals surface area (Å²) in [6.45, 7) is 7.77. The second kappa shape index (κ2) is 9.80. The van der Waals surface area contributed by atoms with Crippen molar-refractivity contribution in [1.82, 2.24) is 4.90 Å². The average molecular weight is 331 g/mol. The van der Waals surface area contributed by atoms with Crippen LogP contribution in [0, 0.1) is 26.2 Å². The predicted octanol–water partition coefficient (Wildman–Crippen LogP) is 2.30. The first kappa shape index (κ1) is 19.0. The number of aliphatic hydroxyl groups excluding tert-OH is 1. The van der Waals surface area contributed by atoms with E-state index in [0.29, 0.717) is 6.54 Å². The molecule has 0 amide bonds. The lowest BCUT2D eigenvalue weighted by atomic mass is 10.0. The van der Waals surface area contributed by atoms with Gasteiger partial charge in [0.2, 0.25) is 0 Å². The predicted molar refractivity (Wildman–Crippen MR) is 95.8 cm³/mol. The van der Waals surface area contributed by atoms with Gasteiger partial charge in [-0.1, -0.05) is 29.7 Å².